The first-order valence-electron chi connectivity index (χ1n) is 11.4. The highest BCUT2D eigenvalue weighted by atomic mass is 79.9. The summed E-state index contributed by atoms with van der Waals surface area (Å²) in [5.41, 5.74) is 7.10. The zero-order valence-corrected chi connectivity index (χ0v) is 21.2. The molecule has 6 nitrogen and oxygen atoms in total. The molecule has 0 unspecified atom stereocenters. The Labute approximate surface area is 198 Å². The summed E-state index contributed by atoms with van der Waals surface area (Å²) in [6.07, 6.45) is 4.07. The molecule has 3 heterocycles. The van der Waals surface area contributed by atoms with Crippen LogP contribution in [0.4, 0.5) is 5.82 Å². The van der Waals surface area contributed by atoms with E-state index >= 15 is 0 Å². The van der Waals surface area contributed by atoms with Gasteiger partial charge in [-0.15, -0.1) is 0 Å². The van der Waals surface area contributed by atoms with E-state index in [0.29, 0.717) is 5.92 Å². The van der Waals surface area contributed by atoms with Crippen LogP contribution in [0.3, 0.4) is 0 Å². The second-order valence-corrected chi connectivity index (χ2v) is 9.93. The average molecular weight is 498 g/mol. The van der Waals surface area contributed by atoms with Crippen LogP contribution in [0.25, 0.3) is 16.7 Å². The molecule has 0 bridgehead atoms. The Morgan fingerprint density at radius 1 is 1.09 bits per heavy atom. The monoisotopic (exact) mass is 497 g/mol. The number of rotatable bonds is 6. The Bertz CT molecular complexity index is 1140. The van der Waals surface area contributed by atoms with Crippen molar-refractivity contribution >= 4 is 39.2 Å². The third-order valence-corrected chi connectivity index (χ3v) is 7.28. The van der Waals surface area contributed by atoms with Crippen molar-refractivity contribution in [2.75, 3.05) is 24.5 Å². The van der Waals surface area contributed by atoms with Gasteiger partial charge < -0.3 is 10.2 Å². The molecule has 1 aliphatic heterocycles. The first kappa shape index (κ1) is 22.8. The Morgan fingerprint density at radius 2 is 1.75 bits per heavy atom. The summed E-state index contributed by atoms with van der Waals surface area (Å²) in [7, 11) is 0. The van der Waals surface area contributed by atoms with Crippen molar-refractivity contribution in [1.82, 2.24) is 19.9 Å². The fourth-order valence-corrected chi connectivity index (χ4v) is 5.77. The van der Waals surface area contributed by atoms with Crippen LogP contribution in [0.2, 0.25) is 0 Å². The zero-order valence-electron chi connectivity index (χ0n) is 19.6. The number of aryl methyl sites for hydroxylation is 4. The standard InChI is InChI=1S/C25H32BrN5O/c1-15-12-21(26)13-16(2)23(15)31-18(4)17(3)22-24(28-19(5)29-25(22)31)30-10-7-20(8-11-30)6-9-27-14-32/h12-14,20H,6-11H2,1-5H3,(H,27,32). The molecule has 1 N–H and O–H groups in total. The number of fused-ring (bicyclic) bond motifs is 1. The molecular weight excluding hydrogens is 466 g/mol. The van der Waals surface area contributed by atoms with Crippen LogP contribution < -0.4 is 10.2 Å². The lowest BCUT2D eigenvalue weighted by Gasteiger charge is -2.33. The van der Waals surface area contributed by atoms with Gasteiger partial charge in [-0.2, -0.15) is 0 Å². The van der Waals surface area contributed by atoms with Gasteiger partial charge in [0.05, 0.1) is 11.1 Å². The van der Waals surface area contributed by atoms with Crippen molar-refractivity contribution in [2.45, 2.75) is 53.9 Å². The first-order valence-corrected chi connectivity index (χ1v) is 12.2. The summed E-state index contributed by atoms with van der Waals surface area (Å²) in [4.78, 5) is 22.8. The molecule has 32 heavy (non-hydrogen) atoms. The molecule has 1 amide bonds. The summed E-state index contributed by atoms with van der Waals surface area (Å²) in [6.45, 7) is 13.4. The summed E-state index contributed by atoms with van der Waals surface area (Å²) >= 11 is 3.63. The molecule has 0 spiro atoms. The fraction of sp³-hybridized carbons (Fsp3) is 0.480. The van der Waals surface area contributed by atoms with E-state index < -0.39 is 0 Å². The number of piperidine rings is 1. The van der Waals surface area contributed by atoms with Crippen LogP contribution >= 0.6 is 15.9 Å². The second kappa shape index (κ2) is 9.22. The van der Waals surface area contributed by atoms with Crippen LogP contribution in [0.15, 0.2) is 16.6 Å². The van der Waals surface area contributed by atoms with Crippen molar-refractivity contribution < 1.29 is 4.79 Å². The van der Waals surface area contributed by atoms with Gasteiger partial charge in [-0.05, 0) is 88.6 Å². The molecule has 3 aromatic rings. The molecule has 0 saturated carbocycles. The lowest BCUT2D eigenvalue weighted by Crippen LogP contribution is -2.35. The van der Waals surface area contributed by atoms with Gasteiger partial charge in [0, 0.05) is 29.8 Å². The largest absolute Gasteiger partial charge is 0.359 e. The number of anilines is 1. The van der Waals surface area contributed by atoms with Crippen LogP contribution in [0.1, 0.15) is 47.5 Å². The van der Waals surface area contributed by atoms with Crippen LogP contribution in [0.5, 0.6) is 0 Å². The number of carbonyl (C=O) groups is 1. The highest BCUT2D eigenvalue weighted by molar-refractivity contribution is 9.10. The van der Waals surface area contributed by atoms with Gasteiger partial charge in [0.25, 0.3) is 0 Å². The minimum atomic E-state index is 0.651. The number of carbonyl (C=O) groups excluding carboxylic acids is 1. The molecule has 0 atom stereocenters. The summed E-state index contributed by atoms with van der Waals surface area (Å²) in [5.74, 6) is 2.51. The topological polar surface area (TPSA) is 63.1 Å². The summed E-state index contributed by atoms with van der Waals surface area (Å²) < 4.78 is 3.41. The number of nitrogens with zero attached hydrogens (tertiary/aromatic N) is 4. The number of halogens is 1. The van der Waals surface area contributed by atoms with E-state index in [4.69, 9.17) is 9.97 Å². The molecule has 0 aliphatic carbocycles. The molecule has 1 saturated heterocycles. The van der Waals surface area contributed by atoms with E-state index in [1.54, 1.807) is 0 Å². The van der Waals surface area contributed by atoms with Gasteiger partial charge in [-0.3, -0.25) is 9.36 Å². The van der Waals surface area contributed by atoms with Crippen LogP contribution in [-0.4, -0.2) is 40.6 Å². The Kier molecular flexibility index (Phi) is 6.56. The highest BCUT2D eigenvalue weighted by Crippen LogP contribution is 2.37. The number of nitrogens with one attached hydrogen (secondary N) is 1. The number of amides is 1. The molecule has 1 aromatic carbocycles. The van der Waals surface area contributed by atoms with E-state index in [0.717, 1.165) is 72.5 Å². The number of aromatic nitrogens is 3. The maximum Gasteiger partial charge on any atom is 0.207 e. The normalized spacial score (nSPS) is 14.9. The summed E-state index contributed by atoms with van der Waals surface area (Å²) in [5, 5.41) is 3.96. The molecule has 170 valence electrons. The maximum atomic E-state index is 10.5. The second-order valence-electron chi connectivity index (χ2n) is 9.02. The number of benzene rings is 1. The minimum absolute atomic E-state index is 0.651. The molecule has 1 aliphatic rings. The summed E-state index contributed by atoms with van der Waals surface area (Å²) in [6, 6.07) is 4.34. The van der Waals surface area contributed by atoms with Crippen LogP contribution in [-0.2, 0) is 4.79 Å². The van der Waals surface area contributed by atoms with Gasteiger partial charge in [0.1, 0.15) is 11.6 Å². The zero-order chi connectivity index (χ0) is 23.0. The van der Waals surface area contributed by atoms with Crippen molar-refractivity contribution in [3.8, 4) is 5.69 Å². The number of hydrogen-bond donors (Lipinski definition) is 1. The molecule has 1 fully saturated rings. The smallest absolute Gasteiger partial charge is 0.207 e. The molecular formula is C25H32BrN5O. The predicted molar refractivity (Wildman–Crippen MR) is 134 cm³/mol. The number of hydrogen-bond acceptors (Lipinski definition) is 4. The third-order valence-electron chi connectivity index (χ3n) is 6.82. The van der Waals surface area contributed by atoms with Gasteiger partial charge in [0.2, 0.25) is 6.41 Å². The molecule has 2 aromatic heterocycles. The third kappa shape index (κ3) is 4.15. The maximum absolute atomic E-state index is 10.5. The van der Waals surface area contributed by atoms with E-state index in [2.05, 4.69) is 70.5 Å². The van der Waals surface area contributed by atoms with Crippen molar-refractivity contribution in [3.05, 3.63) is 44.8 Å². The van der Waals surface area contributed by atoms with Gasteiger partial charge >= 0.3 is 0 Å². The van der Waals surface area contributed by atoms with Crippen molar-refractivity contribution in [1.29, 1.82) is 0 Å². The average Bonchev–Trinajstić information content (AvgIpc) is 2.98. The lowest BCUT2D eigenvalue weighted by atomic mass is 9.93. The Balaban J connectivity index is 1.76. The van der Waals surface area contributed by atoms with Gasteiger partial charge in [-0.1, -0.05) is 15.9 Å². The molecule has 7 heteroatoms. The van der Waals surface area contributed by atoms with E-state index in [1.807, 2.05) is 6.92 Å². The minimum Gasteiger partial charge on any atom is -0.359 e. The van der Waals surface area contributed by atoms with Crippen molar-refractivity contribution in [2.24, 2.45) is 5.92 Å². The lowest BCUT2D eigenvalue weighted by molar-refractivity contribution is -0.109. The SMILES string of the molecule is Cc1nc(N2CCC(CCNC=O)CC2)c2c(C)c(C)n(-c3c(C)cc(Br)cc3C)c2n1. The molecule has 0 radical (unpaired) electrons. The fourth-order valence-electron chi connectivity index (χ4n) is 5.09. The highest BCUT2D eigenvalue weighted by Gasteiger charge is 2.26. The predicted octanol–water partition coefficient (Wildman–Crippen LogP) is 5.08. The van der Waals surface area contributed by atoms with Gasteiger partial charge in [0.15, 0.2) is 5.65 Å². The van der Waals surface area contributed by atoms with Crippen molar-refractivity contribution in [3.63, 3.8) is 0 Å². The van der Waals surface area contributed by atoms with E-state index in [-0.39, 0.29) is 0 Å². The Morgan fingerprint density at radius 3 is 2.38 bits per heavy atom. The first-order chi connectivity index (χ1) is 15.3. The molecule has 4 rings (SSSR count). The van der Waals surface area contributed by atoms with E-state index in [1.165, 1.54) is 28.1 Å². The van der Waals surface area contributed by atoms with Crippen LogP contribution in [0, 0.1) is 40.5 Å². The van der Waals surface area contributed by atoms with E-state index in [9.17, 15) is 4.79 Å². The quantitative estimate of drug-likeness (QED) is 0.381. The van der Waals surface area contributed by atoms with Gasteiger partial charge in [-0.25, -0.2) is 9.97 Å². The Hall–Kier alpha value is -2.41.